The molecule has 0 aliphatic heterocycles. The van der Waals surface area contributed by atoms with Crippen molar-refractivity contribution in [1.29, 1.82) is 0 Å². The number of para-hydroxylation sites is 1. The molecule has 138 valence electrons. The van der Waals surface area contributed by atoms with Crippen LogP contribution in [0.3, 0.4) is 0 Å². The third-order valence-electron chi connectivity index (χ3n) is 4.03. The SMILES string of the molecule is CNC(=O)C(C)N(Cc1ccc(OC)cc1)C(=O)COc1ccccc1. The van der Waals surface area contributed by atoms with Gasteiger partial charge >= 0.3 is 0 Å². The summed E-state index contributed by atoms with van der Waals surface area (Å²) in [5.41, 5.74) is 0.898. The average molecular weight is 356 g/mol. The number of carbonyl (C=O) groups excluding carboxylic acids is 2. The van der Waals surface area contributed by atoms with Crippen LogP contribution in [0.15, 0.2) is 54.6 Å². The molecule has 1 unspecified atom stereocenters. The van der Waals surface area contributed by atoms with E-state index in [1.807, 2.05) is 42.5 Å². The second-order valence-electron chi connectivity index (χ2n) is 5.76. The Kier molecular flexibility index (Phi) is 7.02. The molecular formula is C20H24N2O4. The van der Waals surface area contributed by atoms with Crippen LogP contribution in [0.4, 0.5) is 0 Å². The van der Waals surface area contributed by atoms with Gasteiger partial charge in [0, 0.05) is 13.6 Å². The van der Waals surface area contributed by atoms with Crippen LogP contribution < -0.4 is 14.8 Å². The van der Waals surface area contributed by atoms with E-state index in [1.165, 1.54) is 4.90 Å². The van der Waals surface area contributed by atoms with E-state index in [-0.39, 0.29) is 18.4 Å². The van der Waals surface area contributed by atoms with Gasteiger partial charge in [0.15, 0.2) is 6.61 Å². The zero-order chi connectivity index (χ0) is 18.9. The topological polar surface area (TPSA) is 67.9 Å². The average Bonchev–Trinajstić information content (AvgIpc) is 2.70. The third-order valence-corrected chi connectivity index (χ3v) is 4.03. The maximum Gasteiger partial charge on any atom is 0.261 e. The molecule has 0 saturated carbocycles. The van der Waals surface area contributed by atoms with Gasteiger partial charge in [0.2, 0.25) is 5.91 Å². The molecule has 2 aromatic rings. The Labute approximate surface area is 153 Å². The number of methoxy groups -OCH3 is 1. The minimum absolute atomic E-state index is 0.137. The second-order valence-corrected chi connectivity index (χ2v) is 5.76. The molecule has 0 spiro atoms. The molecule has 0 aromatic heterocycles. The van der Waals surface area contributed by atoms with Crippen molar-refractivity contribution in [1.82, 2.24) is 10.2 Å². The lowest BCUT2D eigenvalue weighted by Gasteiger charge is -2.28. The lowest BCUT2D eigenvalue weighted by Crippen LogP contribution is -2.48. The van der Waals surface area contributed by atoms with Crippen molar-refractivity contribution >= 4 is 11.8 Å². The van der Waals surface area contributed by atoms with Crippen molar-refractivity contribution in [3.63, 3.8) is 0 Å². The van der Waals surface area contributed by atoms with Gasteiger partial charge in [-0.15, -0.1) is 0 Å². The van der Waals surface area contributed by atoms with Gasteiger partial charge in [-0.3, -0.25) is 9.59 Å². The molecule has 1 atom stereocenters. The molecule has 0 saturated heterocycles. The number of nitrogens with zero attached hydrogens (tertiary/aromatic N) is 1. The number of nitrogens with one attached hydrogen (secondary N) is 1. The maximum absolute atomic E-state index is 12.7. The van der Waals surface area contributed by atoms with Gasteiger partial charge in [0.05, 0.1) is 7.11 Å². The van der Waals surface area contributed by atoms with E-state index in [0.29, 0.717) is 12.3 Å². The summed E-state index contributed by atoms with van der Waals surface area (Å²) in [6, 6.07) is 15.9. The Balaban J connectivity index is 2.11. The van der Waals surface area contributed by atoms with Crippen LogP contribution in [0.2, 0.25) is 0 Å². The van der Waals surface area contributed by atoms with E-state index in [1.54, 1.807) is 33.2 Å². The lowest BCUT2D eigenvalue weighted by molar-refractivity contribution is -0.142. The Morgan fingerprint density at radius 2 is 1.69 bits per heavy atom. The van der Waals surface area contributed by atoms with E-state index < -0.39 is 6.04 Å². The molecule has 0 radical (unpaired) electrons. The van der Waals surface area contributed by atoms with Crippen molar-refractivity contribution in [2.45, 2.75) is 19.5 Å². The predicted octanol–water partition coefficient (Wildman–Crippen LogP) is 2.24. The van der Waals surface area contributed by atoms with Gasteiger partial charge in [-0.2, -0.15) is 0 Å². The minimum atomic E-state index is -0.617. The molecule has 0 aliphatic carbocycles. The number of hydrogen-bond acceptors (Lipinski definition) is 4. The van der Waals surface area contributed by atoms with Crippen molar-refractivity contribution in [3.05, 3.63) is 60.2 Å². The monoisotopic (exact) mass is 356 g/mol. The van der Waals surface area contributed by atoms with Crippen LogP contribution in [0.5, 0.6) is 11.5 Å². The first kappa shape index (κ1) is 19.3. The lowest BCUT2D eigenvalue weighted by atomic mass is 10.1. The quantitative estimate of drug-likeness (QED) is 0.788. The van der Waals surface area contributed by atoms with Crippen LogP contribution >= 0.6 is 0 Å². The fraction of sp³-hybridized carbons (Fsp3) is 0.300. The highest BCUT2D eigenvalue weighted by molar-refractivity contribution is 5.87. The van der Waals surface area contributed by atoms with Crippen LogP contribution in [0.25, 0.3) is 0 Å². The molecule has 2 aromatic carbocycles. The molecule has 0 bridgehead atoms. The molecule has 1 N–H and O–H groups in total. The first-order valence-electron chi connectivity index (χ1n) is 8.37. The van der Waals surface area contributed by atoms with Crippen LogP contribution in [-0.4, -0.2) is 43.5 Å². The highest BCUT2D eigenvalue weighted by atomic mass is 16.5. The van der Waals surface area contributed by atoms with Gasteiger partial charge in [-0.25, -0.2) is 0 Å². The number of carbonyl (C=O) groups is 2. The molecule has 0 heterocycles. The molecule has 26 heavy (non-hydrogen) atoms. The fourth-order valence-corrected chi connectivity index (χ4v) is 2.46. The van der Waals surface area contributed by atoms with Gasteiger partial charge in [-0.1, -0.05) is 30.3 Å². The summed E-state index contributed by atoms with van der Waals surface area (Å²) in [5.74, 6) is 0.851. The zero-order valence-corrected chi connectivity index (χ0v) is 15.3. The van der Waals surface area contributed by atoms with Crippen LogP contribution in [-0.2, 0) is 16.1 Å². The summed E-state index contributed by atoms with van der Waals surface area (Å²) in [6.07, 6.45) is 0. The number of benzene rings is 2. The van der Waals surface area contributed by atoms with Crippen LogP contribution in [0.1, 0.15) is 12.5 Å². The summed E-state index contributed by atoms with van der Waals surface area (Å²) < 4.78 is 10.7. The molecule has 2 rings (SSSR count). The van der Waals surface area contributed by atoms with Crippen LogP contribution in [0, 0.1) is 0 Å². The summed E-state index contributed by atoms with van der Waals surface area (Å²) in [7, 11) is 3.15. The predicted molar refractivity (Wildman–Crippen MR) is 99.0 cm³/mol. The maximum atomic E-state index is 12.7. The van der Waals surface area contributed by atoms with E-state index in [0.717, 1.165) is 11.3 Å². The Hall–Kier alpha value is -3.02. The van der Waals surface area contributed by atoms with Crippen molar-refractivity contribution in [3.8, 4) is 11.5 Å². The van der Waals surface area contributed by atoms with Gasteiger partial charge in [-0.05, 0) is 36.8 Å². The number of amides is 2. The molecule has 6 nitrogen and oxygen atoms in total. The first-order valence-corrected chi connectivity index (χ1v) is 8.37. The summed E-state index contributed by atoms with van der Waals surface area (Å²) >= 11 is 0. The Morgan fingerprint density at radius 1 is 1.04 bits per heavy atom. The van der Waals surface area contributed by atoms with Crippen molar-refractivity contribution in [2.24, 2.45) is 0 Å². The van der Waals surface area contributed by atoms with Gasteiger partial charge in [0.1, 0.15) is 17.5 Å². The Bertz CT molecular complexity index is 716. The Morgan fingerprint density at radius 3 is 2.27 bits per heavy atom. The number of ether oxygens (including phenoxy) is 2. The smallest absolute Gasteiger partial charge is 0.261 e. The second kappa shape index (κ2) is 9.46. The molecule has 2 amide bonds. The minimum Gasteiger partial charge on any atom is -0.497 e. The number of likely N-dealkylation sites (N-methyl/N-ethyl adjacent to an activating group) is 1. The van der Waals surface area contributed by atoms with Crippen molar-refractivity contribution < 1.29 is 19.1 Å². The van der Waals surface area contributed by atoms with E-state index in [9.17, 15) is 9.59 Å². The highest BCUT2D eigenvalue weighted by Gasteiger charge is 2.25. The number of hydrogen-bond donors (Lipinski definition) is 1. The molecule has 0 fully saturated rings. The van der Waals surface area contributed by atoms with E-state index >= 15 is 0 Å². The summed E-state index contributed by atoms with van der Waals surface area (Å²) in [6.45, 7) is 1.86. The number of rotatable bonds is 8. The third kappa shape index (κ3) is 5.24. The van der Waals surface area contributed by atoms with E-state index in [2.05, 4.69) is 5.32 Å². The largest absolute Gasteiger partial charge is 0.497 e. The summed E-state index contributed by atoms with van der Waals surface area (Å²) in [5, 5.41) is 2.58. The standard InChI is InChI=1S/C20H24N2O4/c1-15(20(24)21-2)22(13-16-9-11-17(25-3)12-10-16)19(23)14-26-18-7-5-4-6-8-18/h4-12,15H,13-14H2,1-3H3,(H,21,24). The van der Waals surface area contributed by atoms with Crippen molar-refractivity contribution in [2.75, 3.05) is 20.8 Å². The molecular weight excluding hydrogens is 332 g/mol. The fourth-order valence-electron chi connectivity index (χ4n) is 2.46. The molecule has 0 aliphatic rings. The molecule has 6 heteroatoms. The normalized spacial score (nSPS) is 11.3. The first-order chi connectivity index (χ1) is 12.5. The zero-order valence-electron chi connectivity index (χ0n) is 15.3. The van der Waals surface area contributed by atoms with Gasteiger partial charge < -0.3 is 19.7 Å². The van der Waals surface area contributed by atoms with E-state index in [4.69, 9.17) is 9.47 Å². The highest BCUT2D eigenvalue weighted by Crippen LogP contribution is 2.15. The van der Waals surface area contributed by atoms with Gasteiger partial charge in [0.25, 0.3) is 5.91 Å². The summed E-state index contributed by atoms with van der Waals surface area (Å²) in [4.78, 5) is 26.3.